The highest BCUT2D eigenvalue weighted by Crippen LogP contribution is 2.36. The Morgan fingerprint density at radius 1 is 0.871 bits per heavy atom. The van der Waals surface area contributed by atoms with Crippen LogP contribution in [0.1, 0.15) is 74.1 Å². The van der Waals surface area contributed by atoms with Crippen molar-refractivity contribution in [1.82, 2.24) is 20.3 Å². The number of anilines is 3. The smallest absolute Gasteiger partial charge is 0.229 e. The number of nitrogens with zero attached hydrogens (tertiary/aromatic N) is 3. The van der Waals surface area contributed by atoms with Crippen molar-refractivity contribution in [2.45, 2.75) is 103 Å². The van der Waals surface area contributed by atoms with E-state index in [1.54, 1.807) is 0 Å². The van der Waals surface area contributed by atoms with Crippen LogP contribution in [0.25, 0.3) is 0 Å². The second kappa shape index (κ2) is 10.7. The first-order chi connectivity index (χ1) is 14.5. The van der Waals surface area contributed by atoms with Gasteiger partial charge in [0.2, 0.25) is 17.8 Å². The summed E-state index contributed by atoms with van der Waals surface area (Å²) in [5.41, 5.74) is 0.122. The normalized spacial score (nSPS) is 21.2. The van der Waals surface area contributed by atoms with Crippen molar-refractivity contribution in [1.29, 1.82) is 0 Å². The SMILES string of the molecule is CCCC(Nc1nc(NC(C)CO)nc(NC(C)CO)n1)C1CC(C)(C)NC(C)(C)C1. The van der Waals surface area contributed by atoms with Gasteiger partial charge in [0.1, 0.15) is 0 Å². The maximum atomic E-state index is 9.40. The summed E-state index contributed by atoms with van der Waals surface area (Å²) in [5, 5.41) is 32.4. The molecule has 0 aliphatic carbocycles. The summed E-state index contributed by atoms with van der Waals surface area (Å²) in [6, 6.07) is -0.133. The summed E-state index contributed by atoms with van der Waals surface area (Å²) in [6.45, 7) is 14.9. The first-order valence-electron chi connectivity index (χ1n) is 11.5. The number of hydrogen-bond donors (Lipinski definition) is 6. The zero-order valence-corrected chi connectivity index (χ0v) is 20.3. The molecule has 31 heavy (non-hydrogen) atoms. The average molecular weight is 438 g/mol. The maximum absolute atomic E-state index is 9.40. The van der Waals surface area contributed by atoms with E-state index < -0.39 is 0 Å². The summed E-state index contributed by atoms with van der Waals surface area (Å²) < 4.78 is 0. The molecule has 1 aliphatic rings. The fraction of sp³-hybridized carbons (Fsp3) is 0.864. The standard InChI is InChI=1S/C22H43N7O2/c1-8-9-17(16-10-21(4,5)29-22(6,7)11-16)25-20-27-18(23-14(2)12-30)26-19(28-20)24-15(3)13-31/h14-17,29-31H,8-13H2,1-7H3,(H3,23,24,25,26,27,28). The van der Waals surface area contributed by atoms with Crippen LogP contribution < -0.4 is 21.3 Å². The van der Waals surface area contributed by atoms with Crippen molar-refractivity contribution < 1.29 is 10.2 Å². The summed E-state index contributed by atoms with van der Waals surface area (Å²) in [6.07, 6.45) is 4.22. The van der Waals surface area contributed by atoms with E-state index in [4.69, 9.17) is 0 Å². The highest BCUT2D eigenvalue weighted by Gasteiger charge is 2.40. The highest BCUT2D eigenvalue weighted by atomic mass is 16.3. The van der Waals surface area contributed by atoms with Gasteiger partial charge in [0.25, 0.3) is 0 Å². The predicted molar refractivity (Wildman–Crippen MR) is 127 cm³/mol. The van der Waals surface area contributed by atoms with E-state index in [1.807, 2.05) is 13.8 Å². The van der Waals surface area contributed by atoms with E-state index in [-0.39, 0.29) is 42.4 Å². The minimum atomic E-state index is -0.184. The van der Waals surface area contributed by atoms with Crippen LogP contribution in [0.15, 0.2) is 0 Å². The Hall–Kier alpha value is -1.71. The van der Waals surface area contributed by atoms with Crippen LogP contribution in [0.2, 0.25) is 0 Å². The van der Waals surface area contributed by atoms with Gasteiger partial charge >= 0.3 is 0 Å². The molecule has 6 N–H and O–H groups in total. The van der Waals surface area contributed by atoms with Gasteiger partial charge in [0.05, 0.1) is 13.2 Å². The van der Waals surface area contributed by atoms with Gasteiger partial charge in [0.15, 0.2) is 0 Å². The number of aromatic nitrogens is 3. The lowest BCUT2D eigenvalue weighted by atomic mass is 9.72. The van der Waals surface area contributed by atoms with Crippen LogP contribution in [0.4, 0.5) is 17.8 Å². The third-order valence-corrected chi connectivity index (χ3v) is 5.64. The van der Waals surface area contributed by atoms with Crippen molar-refractivity contribution in [2.24, 2.45) is 5.92 Å². The van der Waals surface area contributed by atoms with Crippen LogP contribution in [-0.4, -0.2) is 67.6 Å². The molecule has 0 aromatic carbocycles. The van der Waals surface area contributed by atoms with Gasteiger partial charge in [-0.1, -0.05) is 13.3 Å². The first-order valence-corrected chi connectivity index (χ1v) is 11.5. The fourth-order valence-corrected chi connectivity index (χ4v) is 4.69. The fourth-order valence-electron chi connectivity index (χ4n) is 4.69. The van der Waals surface area contributed by atoms with Gasteiger partial charge in [0, 0.05) is 29.2 Å². The Labute approximate surface area is 187 Å². The van der Waals surface area contributed by atoms with Crippen LogP contribution in [0, 0.1) is 5.92 Å². The molecule has 3 unspecified atom stereocenters. The van der Waals surface area contributed by atoms with Crippen molar-refractivity contribution in [3.8, 4) is 0 Å². The Kier molecular flexibility index (Phi) is 8.85. The number of aliphatic hydroxyl groups is 2. The molecule has 0 bridgehead atoms. The van der Waals surface area contributed by atoms with Gasteiger partial charge in [-0.2, -0.15) is 15.0 Å². The molecule has 178 valence electrons. The first kappa shape index (κ1) is 25.5. The van der Waals surface area contributed by atoms with E-state index in [0.29, 0.717) is 23.8 Å². The van der Waals surface area contributed by atoms with E-state index in [1.165, 1.54) is 0 Å². The third-order valence-electron chi connectivity index (χ3n) is 5.64. The molecule has 3 atom stereocenters. The monoisotopic (exact) mass is 437 g/mol. The van der Waals surface area contributed by atoms with E-state index >= 15 is 0 Å². The molecule has 9 nitrogen and oxygen atoms in total. The molecule has 0 radical (unpaired) electrons. The van der Waals surface area contributed by atoms with Gasteiger partial charge in [-0.05, 0) is 66.7 Å². The number of piperidine rings is 1. The van der Waals surface area contributed by atoms with E-state index in [2.05, 4.69) is 70.8 Å². The molecular formula is C22H43N7O2. The lowest BCUT2D eigenvalue weighted by molar-refractivity contribution is 0.115. The Bertz CT molecular complexity index is 652. The van der Waals surface area contributed by atoms with Crippen LogP contribution in [0.5, 0.6) is 0 Å². The Balaban J connectivity index is 2.30. The van der Waals surface area contributed by atoms with E-state index in [9.17, 15) is 10.2 Å². The summed E-state index contributed by atoms with van der Waals surface area (Å²) >= 11 is 0. The molecule has 0 spiro atoms. The average Bonchev–Trinajstić information content (AvgIpc) is 2.64. The largest absolute Gasteiger partial charge is 0.394 e. The maximum Gasteiger partial charge on any atom is 0.229 e. The Morgan fingerprint density at radius 3 is 1.68 bits per heavy atom. The molecule has 1 saturated heterocycles. The zero-order valence-electron chi connectivity index (χ0n) is 20.3. The quantitative estimate of drug-likeness (QED) is 0.309. The summed E-state index contributed by atoms with van der Waals surface area (Å²) in [7, 11) is 0. The summed E-state index contributed by atoms with van der Waals surface area (Å²) in [4.78, 5) is 13.5. The zero-order chi connectivity index (χ0) is 23.2. The Morgan fingerprint density at radius 2 is 1.29 bits per heavy atom. The molecule has 2 rings (SSSR count). The van der Waals surface area contributed by atoms with Crippen molar-refractivity contribution in [2.75, 3.05) is 29.2 Å². The minimum Gasteiger partial charge on any atom is -0.394 e. The third kappa shape index (κ3) is 8.05. The molecule has 0 saturated carbocycles. The second-order valence-corrected chi connectivity index (χ2v) is 10.4. The number of hydrogen-bond acceptors (Lipinski definition) is 9. The molecule has 1 aromatic rings. The number of nitrogens with one attached hydrogen (secondary N) is 4. The molecule has 2 heterocycles. The van der Waals surface area contributed by atoms with Gasteiger partial charge < -0.3 is 31.5 Å². The lowest BCUT2D eigenvalue weighted by Crippen LogP contribution is -2.59. The van der Waals surface area contributed by atoms with Gasteiger partial charge in [-0.3, -0.25) is 0 Å². The van der Waals surface area contributed by atoms with Crippen molar-refractivity contribution >= 4 is 17.8 Å². The summed E-state index contributed by atoms with van der Waals surface area (Å²) in [5.74, 6) is 1.77. The molecule has 1 aliphatic heterocycles. The van der Waals surface area contributed by atoms with Crippen LogP contribution in [0.3, 0.4) is 0 Å². The molecule has 1 fully saturated rings. The van der Waals surface area contributed by atoms with Crippen LogP contribution in [-0.2, 0) is 0 Å². The lowest BCUT2D eigenvalue weighted by Gasteiger charge is -2.48. The van der Waals surface area contributed by atoms with Crippen molar-refractivity contribution in [3.05, 3.63) is 0 Å². The van der Waals surface area contributed by atoms with Gasteiger partial charge in [-0.15, -0.1) is 0 Å². The second-order valence-electron chi connectivity index (χ2n) is 10.4. The topological polar surface area (TPSA) is 127 Å². The molecule has 0 amide bonds. The molecule has 1 aromatic heterocycles. The molecule has 9 heteroatoms. The number of rotatable bonds is 11. The van der Waals surface area contributed by atoms with Crippen molar-refractivity contribution in [3.63, 3.8) is 0 Å². The molecular weight excluding hydrogens is 394 g/mol. The van der Waals surface area contributed by atoms with Crippen LogP contribution >= 0.6 is 0 Å². The number of aliphatic hydroxyl groups excluding tert-OH is 2. The highest BCUT2D eigenvalue weighted by molar-refractivity contribution is 5.43. The minimum absolute atomic E-state index is 0.0258. The predicted octanol–water partition coefficient (Wildman–Crippen LogP) is 2.59. The van der Waals surface area contributed by atoms with E-state index in [0.717, 1.165) is 25.7 Å². The van der Waals surface area contributed by atoms with Gasteiger partial charge in [-0.25, -0.2) is 0 Å².